The summed E-state index contributed by atoms with van der Waals surface area (Å²) in [5.41, 5.74) is 1.57. The molecule has 3 aromatic rings. The van der Waals surface area contributed by atoms with Crippen LogP contribution in [0.25, 0.3) is 11.3 Å². The Hall–Kier alpha value is -2.78. The molecule has 0 radical (unpaired) electrons. The van der Waals surface area contributed by atoms with Gasteiger partial charge >= 0.3 is 0 Å². The van der Waals surface area contributed by atoms with Gasteiger partial charge in [-0.1, -0.05) is 30.3 Å². The van der Waals surface area contributed by atoms with Crippen LogP contribution in [0, 0.1) is 12.7 Å². The van der Waals surface area contributed by atoms with Gasteiger partial charge in [0.15, 0.2) is 5.13 Å². The molecule has 9 heteroatoms. The number of benzene rings is 2. The molecule has 0 fully saturated rings. The molecular formula is C20H20FN3O3S2. The quantitative estimate of drug-likeness (QED) is 0.592. The van der Waals surface area contributed by atoms with Crippen LogP contribution in [-0.2, 0) is 10.0 Å². The minimum atomic E-state index is -3.75. The molecular weight excluding hydrogens is 413 g/mol. The van der Waals surface area contributed by atoms with E-state index >= 15 is 0 Å². The first-order valence-electron chi connectivity index (χ1n) is 8.83. The zero-order valence-corrected chi connectivity index (χ0v) is 17.7. The third kappa shape index (κ3) is 4.80. The van der Waals surface area contributed by atoms with Gasteiger partial charge in [0.1, 0.15) is 5.82 Å². The van der Waals surface area contributed by atoms with E-state index in [4.69, 9.17) is 0 Å². The number of halogens is 1. The van der Waals surface area contributed by atoms with Crippen molar-refractivity contribution in [3.05, 3.63) is 64.8 Å². The summed E-state index contributed by atoms with van der Waals surface area (Å²) in [7, 11) is -3.75. The number of thiazole rings is 1. The van der Waals surface area contributed by atoms with Crippen LogP contribution in [0.4, 0.5) is 15.2 Å². The Morgan fingerprint density at radius 1 is 1.14 bits per heavy atom. The minimum Gasteiger partial charge on any atom is -0.298 e. The summed E-state index contributed by atoms with van der Waals surface area (Å²) in [6.07, 6.45) is 0. The Bertz CT molecular complexity index is 1140. The molecule has 1 amide bonds. The molecule has 0 bridgehead atoms. The predicted molar refractivity (Wildman–Crippen MR) is 114 cm³/mol. The number of hydrogen-bond acceptors (Lipinski definition) is 5. The second-order valence-electron chi connectivity index (χ2n) is 6.63. The SMILES string of the molecule is Cc1sc(NC(=O)c2ccc(F)cc2NS(=O)(=O)C(C)C)nc1-c1ccccc1. The van der Waals surface area contributed by atoms with E-state index < -0.39 is 27.0 Å². The topological polar surface area (TPSA) is 88.2 Å². The van der Waals surface area contributed by atoms with Gasteiger partial charge in [0.2, 0.25) is 10.0 Å². The molecule has 0 saturated carbocycles. The van der Waals surface area contributed by atoms with Crippen LogP contribution in [0.3, 0.4) is 0 Å². The number of carbonyl (C=O) groups excluding carboxylic acids is 1. The van der Waals surface area contributed by atoms with E-state index in [-0.39, 0.29) is 11.3 Å². The molecule has 152 valence electrons. The number of nitrogens with one attached hydrogen (secondary N) is 2. The number of amides is 1. The lowest BCUT2D eigenvalue weighted by Gasteiger charge is -2.14. The lowest BCUT2D eigenvalue weighted by molar-refractivity contribution is 0.102. The van der Waals surface area contributed by atoms with Crippen LogP contribution in [-0.4, -0.2) is 24.6 Å². The normalized spacial score (nSPS) is 11.5. The second-order valence-corrected chi connectivity index (χ2v) is 10.1. The van der Waals surface area contributed by atoms with Crippen molar-refractivity contribution < 1.29 is 17.6 Å². The number of hydrogen-bond donors (Lipinski definition) is 2. The molecule has 0 aliphatic heterocycles. The summed E-state index contributed by atoms with van der Waals surface area (Å²) < 4.78 is 40.3. The summed E-state index contributed by atoms with van der Waals surface area (Å²) in [4.78, 5) is 18.1. The largest absolute Gasteiger partial charge is 0.298 e. The van der Waals surface area contributed by atoms with Crippen molar-refractivity contribution in [3.63, 3.8) is 0 Å². The summed E-state index contributed by atoms with van der Waals surface area (Å²) in [6, 6.07) is 12.9. The maximum Gasteiger partial charge on any atom is 0.259 e. The van der Waals surface area contributed by atoms with E-state index in [2.05, 4.69) is 15.0 Å². The van der Waals surface area contributed by atoms with Gasteiger partial charge in [-0.3, -0.25) is 14.8 Å². The first-order valence-corrected chi connectivity index (χ1v) is 11.2. The molecule has 0 aliphatic rings. The molecule has 0 atom stereocenters. The zero-order valence-electron chi connectivity index (χ0n) is 16.1. The minimum absolute atomic E-state index is 0.00439. The number of sulfonamides is 1. The van der Waals surface area contributed by atoms with Gasteiger partial charge in [-0.2, -0.15) is 0 Å². The van der Waals surface area contributed by atoms with Gasteiger partial charge < -0.3 is 0 Å². The van der Waals surface area contributed by atoms with Gasteiger partial charge in [0, 0.05) is 10.4 Å². The van der Waals surface area contributed by atoms with Crippen molar-refractivity contribution in [2.45, 2.75) is 26.0 Å². The number of rotatable bonds is 6. The van der Waals surface area contributed by atoms with Crippen LogP contribution in [0.1, 0.15) is 29.1 Å². The maximum atomic E-state index is 13.7. The smallest absolute Gasteiger partial charge is 0.259 e. The van der Waals surface area contributed by atoms with Crippen LogP contribution in [0.2, 0.25) is 0 Å². The fourth-order valence-corrected chi connectivity index (χ4v) is 4.09. The Morgan fingerprint density at radius 3 is 2.48 bits per heavy atom. The molecule has 3 rings (SSSR count). The van der Waals surface area contributed by atoms with E-state index in [1.165, 1.54) is 31.3 Å². The number of carbonyl (C=O) groups is 1. The molecule has 6 nitrogen and oxygen atoms in total. The third-order valence-electron chi connectivity index (χ3n) is 4.16. The van der Waals surface area contributed by atoms with Crippen molar-refractivity contribution in [1.82, 2.24) is 4.98 Å². The first kappa shape index (κ1) is 20.9. The Labute approximate surface area is 172 Å². The fraction of sp³-hybridized carbons (Fsp3) is 0.200. The highest BCUT2D eigenvalue weighted by Crippen LogP contribution is 2.31. The van der Waals surface area contributed by atoms with Crippen LogP contribution < -0.4 is 10.0 Å². The fourth-order valence-electron chi connectivity index (χ4n) is 2.55. The van der Waals surface area contributed by atoms with E-state index in [9.17, 15) is 17.6 Å². The van der Waals surface area contributed by atoms with E-state index in [0.29, 0.717) is 5.13 Å². The lowest BCUT2D eigenvalue weighted by Crippen LogP contribution is -2.24. The van der Waals surface area contributed by atoms with Crippen LogP contribution in [0.15, 0.2) is 48.5 Å². The monoisotopic (exact) mass is 433 g/mol. The van der Waals surface area contributed by atoms with E-state index in [1.807, 2.05) is 37.3 Å². The molecule has 0 aliphatic carbocycles. The summed E-state index contributed by atoms with van der Waals surface area (Å²) in [5.74, 6) is -1.24. The van der Waals surface area contributed by atoms with Crippen LogP contribution >= 0.6 is 11.3 Å². The van der Waals surface area contributed by atoms with Crippen molar-refractivity contribution >= 4 is 38.1 Å². The molecule has 2 aromatic carbocycles. The number of aromatic nitrogens is 1. The molecule has 0 saturated heterocycles. The predicted octanol–water partition coefficient (Wildman–Crippen LogP) is 4.66. The van der Waals surface area contributed by atoms with Gasteiger partial charge in [-0.05, 0) is 39.0 Å². The van der Waals surface area contributed by atoms with Crippen molar-refractivity contribution in [1.29, 1.82) is 0 Å². The van der Waals surface area contributed by atoms with Gasteiger partial charge in [-0.25, -0.2) is 17.8 Å². The van der Waals surface area contributed by atoms with E-state index in [0.717, 1.165) is 28.3 Å². The number of anilines is 2. The number of aryl methyl sites for hydroxylation is 1. The summed E-state index contributed by atoms with van der Waals surface area (Å²) >= 11 is 1.30. The molecule has 29 heavy (non-hydrogen) atoms. The third-order valence-corrected chi connectivity index (χ3v) is 6.80. The van der Waals surface area contributed by atoms with Gasteiger partial charge in [-0.15, -0.1) is 11.3 Å². The van der Waals surface area contributed by atoms with E-state index in [1.54, 1.807) is 0 Å². The molecule has 0 unspecified atom stereocenters. The highest BCUT2D eigenvalue weighted by molar-refractivity contribution is 7.93. The van der Waals surface area contributed by atoms with Gasteiger partial charge in [0.05, 0.1) is 22.2 Å². The number of nitrogens with zero attached hydrogens (tertiary/aromatic N) is 1. The standard InChI is InChI=1S/C20H20FN3O3S2/c1-12(2)29(26,27)24-17-11-15(21)9-10-16(17)19(25)23-20-22-18(13(3)28-20)14-7-5-4-6-8-14/h4-12,24H,1-3H3,(H,22,23,25). The summed E-state index contributed by atoms with van der Waals surface area (Å²) in [5, 5.41) is 2.30. The average molecular weight is 434 g/mol. The molecule has 0 spiro atoms. The van der Waals surface area contributed by atoms with Crippen molar-refractivity contribution in [3.8, 4) is 11.3 Å². The maximum absolute atomic E-state index is 13.7. The van der Waals surface area contributed by atoms with Gasteiger partial charge in [0.25, 0.3) is 5.91 Å². The van der Waals surface area contributed by atoms with Crippen molar-refractivity contribution in [2.75, 3.05) is 10.0 Å². The molecule has 1 aromatic heterocycles. The molecule has 2 N–H and O–H groups in total. The lowest BCUT2D eigenvalue weighted by atomic mass is 10.1. The second kappa shape index (κ2) is 8.30. The highest BCUT2D eigenvalue weighted by Gasteiger charge is 2.21. The Morgan fingerprint density at radius 2 is 1.83 bits per heavy atom. The van der Waals surface area contributed by atoms with Crippen LogP contribution in [0.5, 0.6) is 0 Å². The highest BCUT2D eigenvalue weighted by atomic mass is 32.2. The Kier molecular flexibility index (Phi) is 5.99. The molecule has 1 heterocycles. The van der Waals surface area contributed by atoms with Crippen molar-refractivity contribution in [2.24, 2.45) is 0 Å². The first-order chi connectivity index (χ1) is 13.7. The summed E-state index contributed by atoms with van der Waals surface area (Å²) in [6.45, 7) is 4.88. The average Bonchev–Trinajstić information content (AvgIpc) is 3.02. The Balaban J connectivity index is 1.89. The zero-order chi connectivity index (χ0) is 21.2.